The molecular formula is C11H9F4NO. The summed E-state index contributed by atoms with van der Waals surface area (Å²) >= 11 is 0. The van der Waals surface area contributed by atoms with Crippen LogP contribution in [0.25, 0.3) is 0 Å². The van der Waals surface area contributed by atoms with Gasteiger partial charge >= 0.3 is 0 Å². The summed E-state index contributed by atoms with van der Waals surface area (Å²) in [7, 11) is 0. The van der Waals surface area contributed by atoms with Crippen LogP contribution in [0.2, 0.25) is 0 Å². The molecule has 92 valence electrons. The average Bonchev–Trinajstić information content (AvgIpc) is 2.11. The quantitative estimate of drug-likeness (QED) is 0.698. The molecule has 1 aromatic carbocycles. The van der Waals surface area contributed by atoms with E-state index >= 15 is 0 Å². The van der Waals surface area contributed by atoms with Gasteiger partial charge in [0.25, 0.3) is 11.8 Å². The molecule has 0 bridgehead atoms. The highest BCUT2D eigenvalue weighted by Gasteiger charge is 2.47. The van der Waals surface area contributed by atoms with Crippen LogP contribution in [-0.2, 0) is 0 Å². The molecule has 0 aliphatic carbocycles. The second-order valence-corrected chi connectivity index (χ2v) is 4.12. The van der Waals surface area contributed by atoms with Gasteiger partial charge in [0.15, 0.2) is 0 Å². The van der Waals surface area contributed by atoms with Crippen molar-refractivity contribution in [1.29, 1.82) is 0 Å². The van der Waals surface area contributed by atoms with Crippen LogP contribution in [0.15, 0.2) is 12.1 Å². The standard InChI is InChI=1S/C11H9F4NO/c1-6-2-7(12)9(8(13)3-6)10(17)16-4-11(14,15)5-16/h2-3H,4-5H2,1H3. The summed E-state index contributed by atoms with van der Waals surface area (Å²) in [4.78, 5) is 12.3. The number of benzene rings is 1. The van der Waals surface area contributed by atoms with Crippen molar-refractivity contribution in [2.45, 2.75) is 12.8 Å². The predicted octanol–water partition coefficient (Wildman–Crippen LogP) is 2.36. The lowest BCUT2D eigenvalue weighted by Crippen LogP contribution is -2.58. The monoisotopic (exact) mass is 247 g/mol. The summed E-state index contributed by atoms with van der Waals surface area (Å²) in [6.07, 6.45) is 0. The zero-order valence-corrected chi connectivity index (χ0v) is 8.94. The number of nitrogens with zero attached hydrogens (tertiary/aromatic N) is 1. The van der Waals surface area contributed by atoms with E-state index in [-0.39, 0.29) is 0 Å². The molecule has 0 N–H and O–H groups in total. The molecule has 1 heterocycles. The lowest BCUT2D eigenvalue weighted by molar-refractivity contribution is -0.113. The van der Waals surface area contributed by atoms with Crippen LogP contribution in [0.5, 0.6) is 0 Å². The Morgan fingerprint density at radius 1 is 1.24 bits per heavy atom. The lowest BCUT2D eigenvalue weighted by Gasteiger charge is -2.38. The minimum atomic E-state index is -2.95. The van der Waals surface area contributed by atoms with E-state index in [9.17, 15) is 22.4 Å². The van der Waals surface area contributed by atoms with Gasteiger partial charge in [0, 0.05) is 0 Å². The van der Waals surface area contributed by atoms with Gasteiger partial charge in [-0.3, -0.25) is 4.79 Å². The molecule has 0 aromatic heterocycles. The summed E-state index contributed by atoms with van der Waals surface area (Å²) < 4.78 is 51.9. The van der Waals surface area contributed by atoms with E-state index < -0.39 is 42.1 Å². The third-order valence-electron chi connectivity index (χ3n) is 2.53. The van der Waals surface area contributed by atoms with Crippen molar-refractivity contribution in [1.82, 2.24) is 4.90 Å². The van der Waals surface area contributed by atoms with Gasteiger partial charge in [-0.25, -0.2) is 17.6 Å². The Hall–Kier alpha value is -1.59. The van der Waals surface area contributed by atoms with Crippen LogP contribution in [0, 0.1) is 18.6 Å². The maximum absolute atomic E-state index is 13.4. The Bertz CT molecular complexity index is 455. The zero-order chi connectivity index (χ0) is 12.8. The first-order valence-electron chi connectivity index (χ1n) is 4.93. The van der Waals surface area contributed by atoms with Crippen molar-refractivity contribution < 1.29 is 22.4 Å². The second-order valence-electron chi connectivity index (χ2n) is 4.12. The van der Waals surface area contributed by atoms with Gasteiger partial charge in [0.05, 0.1) is 13.1 Å². The number of amides is 1. The molecule has 6 heteroatoms. The first kappa shape index (κ1) is 11.9. The molecule has 0 spiro atoms. The topological polar surface area (TPSA) is 20.3 Å². The molecule has 1 saturated heterocycles. The third-order valence-corrected chi connectivity index (χ3v) is 2.53. The fraction of sp³-hybridized carbons (Fsp3) is 0.364. The molecule has 0 unspecified atom stereocenters. The zero-order valence-electron chi connectivity index (χ0n) is 8.94. The second kappa shape index (κ2) is 3.72. The number of halogens is 4. The summed E-state index contributed by atoms with van der Waals surface area (Å²) in [5.74, 6) is -6.04. The first-order valence-corrected chi connectivity index (χ1v) is 4.93. The number of rotatable bonds is 1. The molecule has 0 atom stereocenters. The highest BCUT2D eigenvalue weighted by atomic mass is 19.3. The normalized spacial score (nSPS) is 17.8. The smallest absolute Gasteiger partial charge is 0.282 e. The molecular weight excluding hydrogens is 238 g/mol. The Morgan fingerprint density at radius 3 is 2.12 bits per heavy atom. The van der Waals surface area contributed by atoms with Crippen LogP contribution < -0.4 is 0 Å². The number of hydrogen-bond donors (Lipinski definition) is 0. The Kier molecular flexibility index (Phi) is 2.60. The summed E-state index contributed by atoms with van der Waals surface area (Å²) in [5, 5.41) is 0. The van der Waals surface area contributed by atoms with E-state index in [4.69, 9.17) is 0 Å². The third kappa shape index (κ3) is 2.11. The summed E-state index contributed by atoms with van der Waals surface area (Å²) in [6, 6.07) is 1.99. The SMILES string of the molecule is Cc1cc(F)c(C(=O)N2CC(F)(F)C2)c(F)c1. The Morgan fingerprint density at radius 2 is 1.71 bits per heavy atom. The number of carbonyl (C=O) groups is 1. The van der Waals surface area contributed by atoms with Crippen molar-refractivity contribution in [3.05, 3.63) is 34.9 Å². The van der Waals surface area contributed by atoms with Crippen molar-refractivity contribution in [2.75, 3.05) is 13.1 Å². The molecule has 0 radical (unpaired) electrons. The predicted molar refractivity (Wildman–Crippen MR) is 51.9 cm³/mol. The maximum atomic E-state index is 13.4. The largest absolute Gasteiger partial charge is 0.326 e. The van der Waals surface area contributed by atoms with Gasteiger partial charge in [-0.15, -0.1) is 0 Å². The minimum absolute atomic E-state index is 0.325. The molecule has 2 rings (SSSR count). The van der Waals surface area contributed by atoms with Crippen LogP contribution in [0.4, 0.5) is 17.6 Å². The molecule has 1 aromatic rings. The van der Waals surface area contributed by atoms with E-state index in [1.54, 1.807) is 0 Å². The number of hydrogen-bond acceptors (Lipinski definition) is 1. The van der Waals surface area contributed by atoms with E-state index in [2.05, 4.69) is 0 Å². The summed E-state index contributed by atoms with van der Waals surface area (Å²) in [6.45, 7) is -0.116. The van der Waals surface area contributed by atoms with Crippen molar-refractivity contribution in [2.24, 2.45) is 0 Å². The van der Waals surface area contributed by atoms with Crippen LogP contribution in [0.3, 0.4) is 0 Å². The van der Waals surface area contributed by atoms with Gasteiger partial charge in [-0.2, -0.15) is 0 Å². The molecule has 0 saturated carbocycles. The molecule has 2 nitrogen and oxygen atoms in total. The molecule has 1 fully saturated rings. The van der Waals surface area contributed by atoms with Gasteiger partial charge in [0.2, 0.25) is 0 Å². The van der Waals surface area contributed by atoms with Gasteiger partial charge in [-0.1, -0.05) is 0 Å². The Balaban J connectivity index is 2.27. The highest BCUT2D eigenvalue weighted by molar-refractivity contribution is 5.95. The molecule has 1 amide bonds. The molecule has 1 aliphatic heterocycles. The summed E-state index contributed by atoms with van der Waals surface area (Å²) in [5.41, 5.74) is -0.448. The highest BCUT2D eigenvalue weighted by Crippen LogP contribution is 2.29. The van der Waals surface area contributed by atoms with Crippen molar-refractivity contribution in [3.8, 4) is 0 Å². The lowest BCUT2D eigenvalue weighted by atomic mass is 10.1. The van der Waals surface area contributed by atoms with Gasteiger partial charge in [0.1, 0.15) is 17.2 Å². The molecule has 17 heavy (non-hydrogen) atoms. The maximum Gasteiger partial charge on any atom is 0.282 e. The van der Waals surface area contributed by atoms with E-state index in [0.29, 0.717) is 5.56 Å². The van der Waals surface area contributed by atoms with Crippen LogP contribution in [-0.4, -0.2) is 29.8 Å². The number of carbonyl (C=O) groups excluding carboxylic acids is 1. The minimum Gasteiger partial charge on any atom is -0.326 e. The van der Waals surface area contributed by atoms with E-state index in [0.717, 1.165) is 17.0 Å². The number of aryl methyl sites for hydroxylation is 1. The van der Waals surface area contributed by atoms with Crippen LogP contribution >= 0.6 is 0 Å². The Labute approximate surface area is 94.8 Å². The van der Waals surface area contributed by atoms with E-state index in [1.165, 1.54) is 6.92 Å². The van der Waals surface area contributed by atoms with Crippen molar-refractivity contribution >= 4 is 5.91 Å². The van der Waals surface area contributed by atoms with Gasteiger partial charge < -0.3 is 4.90 Å². The fourth-order valence-electron chi connectivity index (χ4n) is 1.72. The molecule has 1 aliphatic rings. The number of alkyl halides is 2. The van der Waals surface area contributed by atoms with E-state index in [1.807, 2.05) is 0 Å². The average molecular weight is 247 g/mol. The van der Waals surface area contributed by atoms with Crippen LogP contribution in [0.1, 0.15) is 15.9 Å². The number of likely N-dealkylation sites (tertiary alicyclic amines) is 1. The first-order chi connectivity index (χ1) is 7.80. The van der Waals surface area contributed by atoms with Gasteiger partial charge in [-0.05, 0) is 24.6 Å². The fourth-order valence-corrected chi connectivity index (χ4v) is 1.72. The van der Waals surface area contributed by atoms with Crippen molar-refractivity contribution in [3.63, 3.8) is 0 Å².